The first-order valence-electron chi connectivity index (χ1n) is 9.15. The van der Waals surface area contributed by atoms with Crippen LogP contribution in [0.15, 0.2) is 36.5 Å². The number of rotatable bonds is 3. The molecule has 1 unspecified atom stereocenters. The quantitative estimate of drug-likeness (QED) is 0.796. The zero-order valence-electron chi connectivity index (χ0n) is 15.0. The number of nitrogen functional groups attached to an aromatic ring is 1. The predicted octanol–water partition coefficient (Wildman–Crippen LogP) is 4.57. The lowest BCUT2D eigenvalue weighted by atomic mass is 9.99. The molecule has 3 atom stereocenters. The first-order chi connectivity index (χ1) is 12.8. The van der Waals surface area contributed by atoms with Crippen molar-refractivity contribution < 1.29 is 17.9 Å². The standard InChI is InChI=1S/C20H22F3N3O/c1-12-2-6-18(17(24)8-12)27-16-9-14-4-5-15(10-16)26(14)19-7-3-13(11-25-19)20(21,22)23/h2-3,6-8,11,14-16H,4-5,9-10,24H2,1H3/t14-,15+,16?. The molecule has 27 heavy (non-hydrogen) atoms. The topological polar surface area (TPSA) is 51.4 Å². The molecule has 144 valence electrons. The fourth-order valence-corrected chi connectivity index (χ4v) is 4.26. The van der Waals surface area contributed by atoms with E-state index in [2.05, 4.69) is 9.88 Å². The van der Waals surface area contributed by atoms with Gasteiger partial charge in [0, 0.05) is 31.1 Å². The van der Waals surface area contributed by atoms with Crippen molar-refractivity contribution in [1.82, 2.24) is 4.98 Å². The number of hydrogen-bond donors (Lipinski definition) is 1. The molecule has 0 aliphatic carbocycles. The Morgan fingerprint density at radius 1 is 1.11 bits per heavy atom. The van der Waals surface area contributed by atoms with Crippen LogP contribution in [0, 0.1) is 6.92 Å². The molecule has 2 aliphatic heterocycles. The molecule has 7 heteroatoms. The second-order valence-electron chi connectivity index (χ2n) is 7.45. The number of anilines is 2. The number of nitrogens with zero attached hydrogens (tertiary/aromatic N) is 2. The second-order valence-corrected chi connectivity index (χ2v) is 7.45. The summed E-state index contributed by atoms with van der Waals surface area (Å²) < 4.78 is 44.4. The number of aromatic nitrogens is 1. The average molecular weight is 377 g/mol. The van der Waals surface area contributed by atoms with E-state index in [0.29, 0.717) is 17.3 Å². The van der Waals surface area contributed by atoms with Gasteiger partial charge in [0.1, 0.15) is 17.7 Å². The smallest absolute Gasteiger partial charge is 0.417 e. The van der Waals surface area contributed by atoms with Crippen LogP contribution in [0.1, 0.15) is 36.8 Å². The number of nitrogens with two attached hydrogens (primary N) is 1. The van der Waals surface area contributed by atoms with Gasteiger partial charge in [-0.2, -0.15) is 13.2 Å². The Hall–Kier alpha value is -2.44. The number of piperidine rings is 1. The average Bonchev–Trinajstić information content (AvgIpc) is 2.87. The summed E-state index contributed by atoms with van der Waals surface area (Å²) in [6.45, 7) is 1.98. The molecule has 1 aromatic heterocycles. The summed E-state index contributed by atoms with van der Waals surface area (Å²) in [6, 6.07) is 8.81. The predicted molar refractivity (Wildman–Crippen MR) is 97.8 cm³/mol. The summed E-state index contributed by atoms with van der Waals surface area (Å²) in [4.78, 5) is 6.25. The molecule has 2 N–H and O–H groups in total. The van der Waals surface area contributed by atoms with Crippen LogP contribution in [0.5, 0.6) is 5.75 Å². The van der Waals surface area contributed by atoms with Gasteiger partial charge in [-0.15, -0.1) is 0 Å². The minimum absolute atomic E-state index is 0.0539. The van der Waals surface area contributed by atoms with Gasteiger partial charge in [0.2, 0.25) is 0 Å². The lowest BCUT2D eigenvalue weighted by Crippen LogP contribution is -2.46. The summed E-state index contributed by atoms with van der Waals surface area (Å²) in [5.41, 5.74) is 7.06. The zero-order chi connectivity index (χ0) is 19.2. The van der Waals surface area contributed by atoms with Gasteiger partial charge >= 0.3 is 6.18 Å². The molecule has 4 rings (SSSR count). The van der Waals surface area contributed by atoms with E-state index < -0.39 is 11.7 Å². The van der Waals surface area contributed by atoms with Crippen molar-refractivity contribution in [3.63, 3.8) is 0 Å². The zero-order valence-corrected chi connectivity index (χ0v) is 15.0. The van der Waals surface area contributed by atoms with Crippen LogP contribution in [-0.4, -0.2) is 23.2 Å². The molecule has 2 fully saturated rings. The van der Waals surface area contributed by atoms with Crippen LogP contribution in [0.4, 0.5) is 24.7 Å². The summed E-state index contributed by atoms with van der Waals surface area (Å²) in [7, 11) is 0. The third kappa shape index (κ3) is 3.55. The van der Waals surface area contributed by atoms with Gasteiger partial charge in [0.15, 0.2) is 0 Å². The van der Waals surface area contributed by atoms with Gasteiger partial charge in [-0.1, -0.05) is 6.07 Å². The highest BCUT2D eigenvalue weighted by Crippen LogP contribution is 2.41. The SMILES string of the molecule is Cc1ccc(OC2C[C@H]3CC[C@@H](C2)N3c2ccc(C(F)(F)F)cn2)c(N)c1. The van der Waals surface area contributed by atoms with Gasteiger partial charge in [0.05, 0.1) is 11.3 Å². The molecular formula is C20H22F3N3O. The first-order valence-corrected chi connectivity index (χ1v) is 9.15. The maximum absolute atomic E-state index is 12.8. The van der Waals surface area contributed by atoms with E-state index >= 15 is 0 Å². The van der Waals surface area contributed by atoms with Crippen LogP contribution < -0.4 is 15.4 Å². The van der Waals surface area contributed by atoms with Crippen molar-refractivity contribution in [2.24, 2.45) is 0 Å². The van der Waals surface area contributed by atoms with Crippen molar-refractivity contribution in [1.29, 1.82) is 0 Å². The number of ether oxygens (including phenoxy) is 1. The van der Waals surface area contributed by atoms with Crippen LogP contribution in [0.25, 0.3) is 0 Å². The number of aryl methyl sites for hydroxylation is 1. The van der Waals surface area contributed by atoms with E-state index in [0.717, 1.165) is 43.5 Å². The highest BCUT2D eigenvalue weighted by molar-refractivity contribution is 5.54. The normalized spacial score (nSPS) is 24.9. The molecule has 2 saturated heterocycles. The highest BCUT2D eigenvalue weighted by atomic mass is 19.4. The lowest BCUT2D eigenvalue weighted by molar-refractivity contribution is -0.137. The van der Waals surface area contributed by atoms with Crippen molar-refractivity contribution in [3.8, 4) is 5.75 Å². The molecule has 0 spiro atoms. The van der Waals surface area contributed by atoms with Gasteiger partial charge in [0.25, 0.3) is 0 Å². The number of alkyl halides is 3. The number of benzene rings is 1. The Labute approximate surface area is 156 Å². The molecule has 0 radical (unpaired) electrons. The molecule has 0 amide bonds. The molecule has 1 aromatic carbocycles. The van der Waals surface area contributed by atoms with Crippen LogP contribution in [0.2, 0.25) is 0 Å². The maximum Gasteiger partial charge on any atom is 0.417 e. The van der Waals surface area contributed by atoms with E-state index in [4.69, 9.17) is 10.5 Å². The molecule has 3 heterocycles. The summed E-state index contributed by atoms with van der Waals surface area (Å²) in [6.07, 6.45) is 0.230. The third-order valence-corrected chi connectivity index (χ3v) is 5.49. The van der Waals surface area contributed by atoms with Gasteiger partial charge < -0.3 is 15.4 Å². The molecule has 0 saturated carbocycles. The van der Waals surface area contributed by atoms with Gasteiger partial charge in [-0.05, 0) is 49.6 Å². The van der Waals surface area contributed by atoms with Crippen molar-refractivity contribution in [2.75, 3.05) is 10.6 Å². The van der Waals surface area contributed by atoms with Crippen molar-refractivity contribution in [2.45, 2.75) is 57.0 Å². The Kier molecular flexibility index (Phi) is 4.40. The van der Waals surface area contributed by atoms with Crippen LogP contribution in [0.3, 0.4) is 0 Å². The minimum atomic E-state index is -4.36. The molecule has 2 aliphatic rings. The Morgan fingerprint density at radius 2 is 1.81 bits per heavy atom. The lowest BCUT2D eigenvalue weighted by Gasteiger charge is -2.39. The Balaban J connectivity index is 1.47. The Morgan fingerprint density at radius 3 is 2.37 bits per heavy atom. The molecule has 2 bridgehead atoms. The number of fused-ring (bicyclic) bond motifs is 2. The van der Waals surface area contributed by atoms with E-state index in [9.17, 15) is 13.2 Å². The number of hydrogen-bond acceptors (Lipinski definition) is 4. The highest BCUT2D eigenvalue weighted by Gasteiger charge is 2.42. The monoisotopic (exact) mass is 377 g/mol. The van der Waals surface area contributed by atoms with Crippen molar-refractivity contribution >= 4 is 11.5 Å². The first kappa shape index (κ1) is 17.9. The number of halogens is 3. The Bertz CT molecular complexity index is 808. The third-order valence-electron chi connectivity index (χ3n) is 5.49. The maximum atomic E-state index is 12.8. The van der Waals surface area contributed by atoms with Gasteiger partial charge in [-0.3, -0.25) is 0 Å². The number of pyridine rings is 1. The molecular weight excluding hydrogens is 355 g/mol. The summed E-state index contributed by atoms with van der Waals surface area (Å²) >= 11 is 0. The fourth-order valence-electron chi connectivity index (χ4n) is 4.26. The van der Waals surface area contributed by atoms with E-state index in [1.807, 2.05) is 25.1 Å². The van der Waals surface area contributed by atoms with Crippen molar-refractivity contribution in [3.05, 3.63) is 47.7 Å². The fraction of sp³-hybridized carbons (Fsp3) is 0.450. The second kappa shape index (κ2) is 6.62. The van der Waals surface area contributed by atoms with Crippen LogP contribution >= 0.6 is 0 Å². The molecule has 2 aromatic rings. The summed E-state index contributed by atoms with van der Waals surface area (Å²) in [5, 5.41) is 0. The largest absolute Gasteiger partial charge is 0.488 e. The molecule has 4 nitrogen and oxygen atoms in total. The van der Waals surface area contributed by atoms with Gasteiger partial charge in [-0.25, -0.2) is 4.98 Å². The van der Waals surface area contributed by atoms with Crippen LogP contribution in [-0.2, 0) is 6.18 Å². The minimum Gasteiger partial charge on any atom is -0.488 e. The van der Waals surface area contributed by atoms with E-state index in [-0.39, 0.29) is 18.2 Å². The summed E-state index contributed by atoms with van der Waals surface area (Å²) in [5.74, 6) is 1.31. The van der Waals surface area contributed by atoms with E-state index in [1.54, 1.807) is 0 Å². The van der Waals surface area contributed by atoms with E-state index in [1.165, 1.54) is 6.07 Å².